The fourth-order valence-corrected chi connectivity index (χ4v) is 5.36. The van der Waals surface area contributed by atoms with Crippen LogP contribution >= 0.6 is 0 Å². The Kier molecular flexibility index (Phi) is 4.83. The maximum Gasteiger partial charge on any atom is 0.269 e. The van der Waals surface area contributed by atoms with Gasteiger partial charge in [0.1, 0.15) is 11.4 Å². The van der Waals surface area contributed by atoms with Crippen molar-refractivity contribution in [3.05, 3.63) is 105 Å². The Balaban J connectivity index is 1.74. The first-order valence-electron chi connectivity index (χ1n) is 10.5. The normalized spacial score (nSPS) is 24.0. The number of anilines is 1. The number of ketones is 1. The van der Waals surface area contributed by atoms with Gasteiger partial charge in [0.05, 0.1) is 10.8 Å². The number of hydrogen-bond donors (Lipinski definition) is 1. The third-order valence-electron chi connectivity index (χ3n) is 6.76. The molecule has 1 amide bonds. The number of non-ortho nitro benzene ring substituents is 1. The van der Waals surface area contributed by atoms with Crippen molar-refractivity contribution >= 4 is 23.1 Å². The molecule has 1 saturated heterocycles. The lowest BCUT2D eigenvalue weighted by Crippen LogP contribution is -2.51. The number of hydrogen-bond acceptors (Lipinski definition) is 5. The summed E-state index contributed by atoms with van der Waals surface area (Å²) < 4.78 is 14.3. The summed E-state index contributed by atoms with van der Waals surface area (Å²) in [6, 6.07) is 18.8. The lowest BCUT2D eigenvalue weighted by Gasteiger charge is -2.35. The fraction of sp³-hybridized carbons (Fsp3) is 0.200. The van der Waals surface area contributed by atoms with Gasteiger partial charge in [-0.25, -0.2) is 4.39 Å². The summed E-state index contributed by atoms with van der Waals surface area (Å²) in [6.45, 7) is 0.285. The molecule has 1 spiro atoms. The Morgan fingerprint density at radius 1 is 1.12 bits per heavy atom. The van der Waals surface area contributed by atoms with Crippen LogP contribution in [-0.4, -0.2) is 35.1 Å². The van der Waals surface area contributed by atoms with E-state index in [0.717, 1.165) is 0 Å². The average molecular weight is 445 g/mol. The second-order valence-corrected chi connectivity index (χ2v) is 8.46. The number of carbonyl (C=O) groups excluding carboxylic acids is 2. The number of likely N-dealkylation sites (N-methyl/N-ethyl adjacent to an activating group) is 1. The van der Waals surface area contributed by atoms with Gasteiger partial charge in [-0.3, -0.25) is 24.6 Å². The van der Waals surface area contributed by atoms with E-state index in [1.54, 1.807) is 54.4 Å². The maximum atomic E-state index is 14.3. The second-order valence-electron chi connectivity index (χ2n) is 8.46. The number of nitrogens with zero attached hydrogens (tertiary/aromatic N) is 2. The number of Topliss-reactive ketones (excluding diaryl/α,β-unsaturated/α-hetero) is 1. The number of amides is 1. The molecule has 0 saturated carbocycles. The summed E-state index contributed by atoms with van der Waals surface area (Å²) in [5.41, 5.74) is 0.324. The molecular weight excluding hydrogens is 425 g/mol. The van der Waals surface area contributed by atoms with Gasteiger partial charge in [-0.05, 0) is 30.8 Å². The van der Waals surface area contributed by atoms with E-state index in [4.69, 9.17) is 0 Å². The Morgan fingerprint density at radius 3 is 2.61 bits per heavy atom. The standard InChI is InChI=1S/C25H20FN3O4/c1-28-14-19(16-8-5-9-18(12-16)29(32)33)22(23(30)15-6-3-2-4-7-15)25(28)20-13-17(26)10-11-21(20)27-24(25)31/h2-13,19,22H,14H2,1H3,(H,27,31)/t19-,22-,25+/m1/s1. The van der Waals surface area contributed by atoms with Crippen molar-refractivity contribution in [1.29, 1.82) is 0 Å². The molecule has 8 heteroatoms. The highest BCUT2D eigenvalue weighted by Crippen LogP contribution is 2.55. The van der Waals surface area contributed by atoms with Crippen LogP contribution in [0.1, 0.15) is 27.4 Å². The number of rotatable bonds is 4. The topological polar surface area (TPSA) is 92.5 Å². The first kappa shape index (κ1) is 21.0. The first-order valence-corrected chi connectivity index (χ1v) is 10.5. The van der Waals surface area contributed by atoms with Crippen LogP contribution < -0.4 is 5.32 Å². The highest BCUT2D eigenvalue weighted by molar-refractivity contribution is 6.12. The van der Waals surface area contributed by atoms with E-state index in [9.17, 15) is 24.1 Å². The number of carbonyl (C=O) groups is 2. The lowest BCUT2D eigenvalue weighted by molar-refractivity contribution is -0.384. The summed E-state index contributed by atoms with van der Waals surface area (Å²) in [6.07, 6.45) is 0. The van der Waals surface area contributed by atoms with Crippen molar-refractivity contribution in [1.82, 2.24) is 4.90 Å². The summed E-state index contributed by atoms with van der Waals surface area (Å²) in [5, 5.41) is 14.2. The maximum absolute atomic E-state index is 14.3. The molecule has 3 aromatic carbocycles. The van der Waals surface area contributed by atoms with Gasteiger partial charge in [0.15, 0.2) is 5.78 Å². The van der Waals surface area contributed by atoms with E-state index in [1.165, 1.54) is 30.3 Å². The highest BCUT2D eigenvalue weighted by Gasteiger charge is 2.64. The van der Waals surface area contributed by atoms with Gasteiger partial charge >= 0.3 is 0 Å². The predicted octanol–water partition coefficient (Wildman–Crippen LogP) is 4.11. The van der Waals surface area contributed by atoms with Gasteiger partial charge in [-0.2, -0.15) is 0 Å². The van der Waals surface area contributed by atoms with Crippen LogP contribution in [0.5, 0.6) is 0 Å². The Hall–Kier alpha value is -3.91. The molecule has 2 heterocycles. The summed E-state index contributed by atoms with van der Waals surface area (Å²) in [5.74, 6) is -2.64. The van der Waals surface area contributed by atoms with Crippen molar-refractivity contribution in [3.8, 4) is 0 Å². The predicted molar refractivity (Wildman–Crippen MR) is 119 cm³/mol. The molecule has 3 atom stereocenters. The zero-order valence-corrected chi connectivity index (χ0v) is 17.7. The Bertz CT molecular complexity index is 1300. The average Bonchev–Trinajstić information content (AvgIpc) is 3.29. The molecule has 0 aliphatic carbocycles. The largest absolute Gasteiger partial charge is 0.324 e. The zero-order chi connectivity index (χ0) is 23.3. The minimum absolute atomic E-state index is 0.0932. The summed E-state index contributed by atoms with van der Waals surface area (Å²) in [7, 11) is 1.72. The molecular formula is C25H20FN3O4. The monoisotopic (exact) mass is 445 g/mol. The van der Waals surface area contributed by atoms with E-state index in [1.807, 2.05) is 0 Å². The van der Waals surface area contributed by atoms with E-state index in [-0.39, 0.29) is 18.0 Å². The van der Waals surface area contributed by atoms with Crippen LogP contribution in [0.3, 0.4) is 0 Å². The molecule has 2 aliphatic heterocycles. The van der Waals surface area contributed by atoms with E-state index >= 15 is 0 Å². The number of nitro groups is 1. The zero-order valence-electron chi connectivity index (χ0n) is 17.7. The van der Waals surface area contributed by atoms with Crippen molar-refractivity contribution in [2.24, 2.45) is 5.92 Å². The molecule has 1 N–H and O–H groups in total. The Morgan fingerprint density at radius 2 is 1.88 bits per heavy atom. The van der Waals surface area contributed by atoms with Crippen LogP contribution in [0.4, 0.5) is 15.8 Å². The van der Waals surface area contributed by atoms with Gasteiger partial charge in [0.2, 0.25) is 5.91 Å². The van der Waals surface area contributed by atoms with Crippen molar-refractivity contribution in [2.45, 2.75) is 11.5 Å². The molecule has 7 nitrogen and oxygen atoms in total. The lowest BCUT2D eigenvalue weighted by atomic mass is 9.70. The smallest absolute Gasteiger partial charge is 0.269 e. The highest BCUT2D eigenvalue weighted by atomic mass is 19.1. The molecule has 166 valence electrons. The van der Waals surface area contributed by atoms with Crippen LogP contribution in [0.25, 0.3) is 0 Å². The van der Waals surface area contributed by atoms with Crippen LogP contribution in [-0.2, 0) is 10.3 Å². The number of nitrogens with one attached hydrogen (secondary N) is 1. The van der Waals surface area contributed by atoms with Gasteiger partial charge in [0.25, 0.3) is 5.69 Å². The number of likely N-dealkylation sites (tertiary alicyclic amines) is 1. The van der Waals surface area contributed by atoms with E-state index < -0.39 is 34.0 Å². The van der Waals surface area contributed by atoms with E-state index in [2.05, 4.69) is 5.32 Å². The third-order valence-corrected chi connectivity index (χ3v) is 6.76. The van der Waals surface area contributed by atoms with E-state index in [0.29, 0.717) is 22.4 Å². The minimum atomic E-state index is -1.44. The molecule has 3 aromatic rings. The molecule has 0 radical (unpaired) electrons. The van der Waals surface area contributed by atoms with Crippen LogP contribution in [0.15, 0.2) is 72.8 Å². The SMILES string of the molecule is CN1C[C@H](c2cccc([N+](=O)[O-])c2)[C@H](C(=O)c2ccccc2)[C@@]12C(=O)Nc1ccc(F)cc12. The summed E-state index contributed by atoms with van der Waals surface area (Å²) >= 11 is 0. The second kappa shape index (κ2) is 7.60. The molecule has 2 aliphatic rings. The first-order chi connectivity index (χ1) is 15.8. The Labute approximate surface area is 189 Å². The van der Waals surface area contributed by atoms with Crippen molar-refractivity contribution in [2.75, 3.05) is 18.9 Å². The molecule has 0 aromatic heterocycles. The minimum Gasteiger partial charge on any atom is -0.324 e. The molecule has 0 unspecified atom stereocenters. The van der Waals surface area contributed by atoms with Crippen LogP contribution in [0.2, 0.25) is 0 Å². The number of benzene rings is 3. The quantitative estimate of drug-likeness (QED) is 0.371. The van der Waals surface area contributed by atoms with Gasteiger partial charge in [0, 0.05) is 41.4 Å². The molecule has 0 bridgehead atoms. The summed E-state index contributed by atoms with van der Waals surface area (Å²) in [4.78, 5) is 40.2. The number of halogens is 1. The van der Waals surface area contributed by atoms with Crippen LogP contribution in [0, 0.1) is 21.8 Å². The number of fused-ring (bicyclic) bond motifs is 2. The van der Waals surface area contributed by atoms with Gasteiger partial charge in [-0.15, -0.1) is 0 Å². The molecule has 1 fully saturated rings. The number of nitro benzene ring substituents is 1. The molecule has 5 rings (SSSR count). The molecule has 33 heavy (non-hydrogen) atoms. The van der Waals surface area contributed by atoms with Gasteiger partial charge < -0.3 is 5.32 Å². The fourth-order valence-electron chi connectivity index (χ4n) is 5.36. The third kappa shape index (κ3) is 3.06. The van der Waals surface area contributed by atoms with Crippen molar-refractivity contribution in [3.63, 3.8) is 0 Å². The van der Waals surface area contributed by atoms with Crippen molar-refractivity contribution < 1.29 is 18.9 Å². The van der Waals surface area contributed by atoms with Gasteiger partial charge in [-0.1, -0.05) is 42.5 Å².